The van der Waals surface area contributed by atoms with Gasteiger partial charge in [-0.2, -0.15) is 0 Å². The summed E-state index contributed by atoms with van der Waals surface area (Å²) < 4.78 is 10.6. The van der Waals surface area contributed by atoms with Crippen LogP contribution in [0.5, 0.6) is 11.5 Å². The van der Waals surface area contributed by atoms with Gasteiger partial charge in [0, 0.05) is 19.1 Å². The Morgan fingerprint density at radius 3 is 3.06 bits per heavy atom. The van der Waals surface area contributed by atoms with E-state index in [1.54, 1.807) is 23.1 Å². The third-order valence-corrected chi connectivity index (χ3v) is 3.14. The Bertz CT molecular complexity index is 461. The second-order valence-corrected chi connectivity index (χ2v) is 4.34. The Morgan fingerprint density at radius 2 is 2.29 bits per heavy atom. The predicted molar refractivity (Wildman–Crippen MR) is 61.1 cm³/mol. The zero-order valence-corrected chi connectivity index (χ0v) is 9.39. The summed E-state index contributed by atoms with van der Waals surface area (Å²) in [5.41, 5.74) is 6.37. The van der Waals surface area contributed by atoms with Crippen molar-refractivity contribution in [2.24, 2.45) is 5.73 Å². The Morgan fingerprint density at radius 1 is 1.41 bits per heavy atom. The molecule has 17 heavy (non-hydrogen) atoms. The molecule has 1 aromatic rings. The molecule has 2 aliphatic heterocycles. The number of carbonyl (C=O) groups is 1. The molecule has 1 unspecified atom stereocenters. The number of amides is 1. The van der Waals surface area contributed by atoms with Gasteiger partial charge in [0.05, 0.1) is 5.56 Å². The molecule has 2 aliphatic rings. The average molecular weight is 234 g/mol. The van der Waals surface area contributed by atoms with E-state index in [0.717, 1.165) is 6.42 Å². The zero-order chi connectivity index (χ0) is 11.8. The van der Waals surface area contributed by atoms with Crippen LogP contribution in [0.25, 0.3) is 0 Å². The van der Waals surface area contributed by atoms with Gasteiger partial charge in [0.1, 0.15) is 0 Å². The fourth-order valence-electron chi connectivity index (χ4n) is 2.24. The fourth-order valence-corrected chi connectivity index (χ4v) is 2.24. The number of likely N-dealkylation sites (tertiary alicyclic amines) is 1. The van der Waals surface area contributed by atoms with Gasteiger partial charge in [-0.05, 0) is 18.6 Å². The number of para-hydroxylation sites is 1. The third kappa shape index (κ3) is 1.72. The van der Waals surface area contributed by atoms with Gasteiger partial charge in [-0.1, -0.05) is 6.07 Å². The summed E-state index contributed by atoms with van der Waals surface area (Å²) >= 11 is 0. The Hall–Kier alpha value is -1.75. The highest BCUT2D eigenvalue weighted by atomic mass is 16.7. The van der Waals surface area contributed by atoms with E-state index in [4.69, 9.17) is 15.2 Å². The SMILES string of the molecule is NC1CCN(C(=O)c2cccc3c2OCO3)C1. The molecule has 0 aromatic heterocycles. The van der Waals surface area contributed by atoms with Crippen LogP contribution in [0.3, 0.4) is 0 Å². The van der Waals surface area contributed by atoms with E-state index in [1.807, 2.05) is 0 Å². The highest BCUT2D eigenvalue weighted by Gasteiger charge is 2.29. The molecule has 1 atom stereocenters. The summed E-state index contributed by atoms with van der Waals surface area (Å²) in [6.07, 6.45) is 0.859. The molecular weight excluding hydrogens is 220 g/mol. The molecule has 3 rings (SSSR count). The molecule has 0 radical (unpaired) electrons. The number of benzene rings is 1. The summed E-state index contributed by atoms with van der Waals surface area (Å²) in [7, 11) is 0. The van der Waals surface area contributed by atoms with Crippen molar-refractivity contribution >= 4 is 5.91 Å². The van der Waals surface area contributed by atoms with E-state index >= 15 is 0 Å². The van der Waals surface area contributed by atoms with E-state index < -0.39 is 0 Å². The van der Waals surface area contributed by atoms with E-state index in [0.29, 0.717) is 30.2 Å². The molecule has 5 heteroatoms. The molecule has 1 aromatic carbocycles. The van der Waals surface area contributed by atoms with Gasteiger partial charge in [-0.15, -0.1) is 0 Å². The van der Waals surface area contributed by atoms with Crippen LogP contribution >= 0.6 is 0 Å². The van der Waals surface area contributed by atoms with Gasteiger partial charge in [0.2, 0.25) is 6.79 Å². The van der Waals surface area contributed by atoms with Crippen molar-refractivity contribution < 1.29 is 14.3 Å². The molecule has 2 N–H and O–H groups in total. The molecule has 5 nitrogen and oxygen atoms in total. The molecule has 0 saturated carbocycles. The van der Waals surface area contributed by atoms with E-state index in [-0.39, 0.29) is 18.7 Å². The maximum absolute atomic E-state index is 12.3. The van der Waals surface area contributed by atoms with Crippen molar-refractivity contribution in [2.45, 2.75) is 12.5 Å². The van der Waals surface area contributed by atoms with Gasteiger partial charge in [0.25, 0.3) is 5.91 Å². The number of fused-ring (bicyclic) bond motifs is 1. The topological polar surface area (TPSA) is 64.8 Å². The highest BCUT2D eigenvalue weighted by molar-refractivity contribution is 5.98. The van der Waals surface area contributed by atoms with Crippen LogP contribution in [0.4, 0.5) is 0 Å². The Balaban J connectivity index is 1.89. The number of nitrogens with two attached hydrogens (primary N) is 1. The first kappa shape index (κ1) is 10.4. The first-order valence-electron chi connectivity index (χ1n) is 5.69. The Kier molecular flexibility index (Phi) is 2.40. The average Bonchev–Trinajstić information content (AvgIpc) is 2.95. The van der Waals surface area contributed by atoms with Crippen LogP contribution in [0.1, 0.15) is 16.8 Å². The van der Waals surface area contributed by atoms with Crippen molar-refractivity contribution in [3.05, 3.63) is 23.8 Å². The van der Waals surface area contributed by atoms with Crippen LogP contribution in [-0.4, -0.2) is 36.7 Å². The zero-order valence-electron chi connectivity index (χ0n) is 9.39. The van der Waals surface area contributed by atoms with Crippen LogP contribution in [0, 0.1) is 0 Å². The van der Waals surface area contributed by atoms with Gasteiger partial charge < -0.3 is 20.1 Å². The second-order valence-electron chi connectivity index (χ2n) is 4.34. The summed E-state index contributed by atoms with van der Waals surface area (Å²) in [5, 5.41) is 0. The molecule has 2 heterocycles. The van der Waals surface area contributed by atoms with Gasteiger partial charge >= 0.3 is 0 Å². The summed E-state index contributed by atoms with van der Waals surface area (Å²) in [5.74, 6) is 1.16. The molecule has 1 amide bonds. The van der Waals surface area contributed by atoms with Crippen molar-refractivity contribution in [3.63, 3.8) is 0 Å². The van der Waals surface area contributed by atoms with Crippen LogP contribution < -0.4 is 15.2 Å². The maximum atomic E-state index is 12.3. The quantitative estimate of drug-likeness (QED) is 0.772. The first-order chi connectivity index (χ1) is 8.25. The second kappa shape index (κ2) is 3.92. The lowest BCUT2D eigenvalue weighted by atomic mass is 10.1. The fraction of sp³-hybridized carbons (Fsp3) is 0.417. The minimum atomic E-state index is -0.0275. The van der Waals surface area contributed by atoms with Gasteiger partial charge in [-0.25, -0.2) is 0 Å². The van der Waals surface area contributed by atoms with Gasteiger partial charge in [0.15, 0.2) is 11.5 Å². The number of carbonyl (C=O) groups excluding carboxylic acids is 1. The minimum absolute atomic E-state index is 0.0275. The lowest BCUT2D eigenvalue weighted by Crippen LogP contribution is -2.32. The lowest BCUT2D eigenvalue weighted by Gasteiger charge is -2.16. The normalized spacial score (nSPS) is 21.9. The van der Waals surface area contributed by atoms with E-state index in [2.05, 4.69) is 0 Å². The summed E-state index contributed by atoms with van der Waals surface area (Å²) in [4.78, 5) is 14.1. The number of rotatable bonds is 1. The molecular formula is C12H14N2O3. The Labute approximate surface area is 99.1 Å². The number of nitrogens with zero attached hydrogens (tertiary/aromatic N) is 1. The summed E-state index contributed by atoms with van der Waals surface area (Å²) in [6.45, 7) is 1.51. The van der Waals surface area contributed by atoms with Crippen LogP contribution in [0.2, 0.25) is 0 Å². The van der Waals surface area contributed by atoms with E-state index in [1.165, 1.54) is 0 Å². The molecule has 1 fully saturated rings. The largest absolute Gasteiger partial charge is 0.454 e. The standard InChI is InChI=1S/C12H14N2O3/c13-8-4-5-14(6-8)12(15)9-2-1-3-10-11(9)17-7-16-10/h1-3,8H,4-7,13H2. The minimum Gasteiger partial charge on any atom is -0.454 e. The smallest absolute Gasteiger partial charge is 0.257 e. The third-order valence-electron chi connectivity index (χ3n) is 3.14. The van der Waals surface area contributed by atoms with Crippen LogP contribution in [-0.2, 0) is 0 Å². The number of hydrogen-bond donors (Lipinski definition) is 1. The van der Waals surface area contributed by atoms with Crippen molar-refractivity contribution in [1.82, 2.24) is 4.90 Å². The monoisotopic (exact) mass is 234 g/mol. The van der Waals surface area contributed by atoms with Crippen molar-refractivity contribution in [2.75, 3.05) is 19.9 Å². The molecule has 90 valence electrons. The predicted octanol–water partition coefficient (Wildman–Crippen LogP) is 0.588. The number of hydrogen-bond acceptors (Lipinski definition) is 4. The maximum Gasteiger partial charge on any atom is 0.257 e. The van der Waals surface area contributed by atoms with E-state index in [9.17, 15) is 4.79 Å². The molecule has 0 bridgehead atoms. The number of ether oxygens (including phenoxy) is 2. The van der Waals surface area contributed by atoms with Crippen molar-refractivity contribution in [1.29, 1.82) is 0 Å². The van der Waals surface area contributed by atoms with Crippen molar-refractivity contribution in [3.8, 4) is 11.5 Å². The lowest BCUT2D eigenvalue weighted by molar-refractivity contribution is 0.0786. The molecule has 1 saturated heterocycles. The van der Waals surface area contributed by atoms with Gasteiger partial charge in [-0.3, -0.25) is 4.79 Å². The highest BCUT2D eigenvalue weighted by Crippen LogP contribution is 2.36. The molecule has 0 aliphatic carbocycles. The van der Waals surface area contributed by atoms with Crippen LogP contribution in [0.15, 0.2) is 18.2 Å². The summed E-state index contributed by atoms with van der Waals surface area (Å²) in [6, 6.07) is 5.46. The first-order valence-corrected chi connectivity index (χ1v) is 5.69. The molecule has 0 spiro atoms.